The van der Waals surface area contributed by atoms with Gasteiger partial charge in [-0.15, -0.1) is 0 Å². The minimum Gasteiger partial charge on any atom is -0.508 e. The number of aliphatic hydroxyl groups is 9. The molecule has 13 N–H and O–H groups in total. The fourth-order valence-corrected chi connectivity index (χ4v) is 7.57. The molecule has 7 rings (SSSR count). The first-order valence-corrected chi connectivity index (χ1v) is 20.4. The summed E-state index contributed by atoms with van der Waals surface area (Å²) in [4.78, 5) is 12.6. The van der Waals surface area contributed by atoms with Gasteiger partial charge in [-0.05, 0) is 48.9 Å². The van der Waals surface area contributed by atoms with Crippen LogP contribution in [-0.4, -0.2) is 185 Å². The molecule has 66 heavy (non-hydrogen) atoms. The van der Waals surface area contributed by atoms with Crippen molar-refractivity contribution in [3.63, 3.8) is 0 Å². The zero-order valence-electron chi connectivity index (χ0n) is 34.9. The standard InChI is InChI=1S/C43H50O23/c1-16-39(66-29(48)8-5-17-3-6-19(45)7-4-17)35(54)38(57)41(60-16)59-15-28-32(51)34(53)37(56)43(65-28)63-26-13-21-23(61-40(26)18-9-22(47)30(49)25(10-18)58-2)11-20(46)12-24(21)62-42-36(55)33(52)31(50)27(14-44)64-42/h3-13,16,27-28,31-47,49-57H,14-15H2,1-2H3/t16-,27+,28+,31+,32+,33-,34-,35-,36+,37+,38+,39-,40?,41+,42+,43+/m0/s1. The van der Waals surface area contributed by atoms with Crippen molar-refractivity contribution in [3.05, 3.63) is 77.1 Å². The number of hydrogen-bond donors (Lipinski definition) is 13. The maximum Gasteiger partial charge on any atom is 0.331 e. The smallest absolute Gasteiger partial charge is 0.331 e. The van der Waals surface area contributed by atoms with Crippen LogP contribution in [0.25, 0.3) is 12.2 Å². The molecule has 0 aliphatic carbocycles. The fraction of sp³-hybridized carbons (Fsp3) is 0.465. The van der Waals surface area contributed by atoms with Crippen molar-refractivity contribution in [2.45, 2.75) is 105 Å². The van der Waals surface area contributed by atoms with Gasteiger partial charge in [0, 0.05) is 23.8 Å². The van der Waals surface area contributed by atoms with Gasteiger partial charge in [-0.25, -0.2) is 4.79 Å². The number of esters is 1. The summed E-state index contributed by atoms with van der Waals surface area (Å²) < 4.78 is 51.5. The van der Waals surface area contributed by atoms with Gasteiger partial charge >= 0.3 is 5.97 Å². The Morgan fingerprint density at radius 2 is 1.33 bits per heavy atom. The van der Waals surface area contributed by atoms with Crippen molar-refractivity contribution in [3.8, 4) is 40.2 Å². The molecule has 0 bridgehead atoms. The van der Waals surface area contributed by atoms with E-state index in [-0.39, 0.29) is 39.9 Å². The summed E-state index contributed by atoms with van der Waals surface area (Å²) >= 11 is 0. The monoisotopic (exact) mass is 934 g/mol. The van der Waals surface area contributed by atoms with Gasteiger partial charge in [0.15, 0.2) is 30.0 Å². The molecule has 4 aliphatic heterocycles. The molecule has 4 heterocycles. The van der Waals surface area contributed by atoms with E-state index in [1.165, 1.54) is 44.4 Å². The van der Waals surface area contributed by atoms with Crippen LogP contribution in [0.3, 0.4) is 0 Å². The molecular formula is C43H50O23. The van der Waals surface area contributed by atoms with Crippen LogP contribution >= 0.6 is 0 Å². The highest BCUT2D eigenvalue weighted by Gasteiger charge is 2.50. The first-order chi connectivity index (χ1) is 31.4. The molecule has 0 radical (unpaired) electrons. The van der Waals surface area contributed by atoms with Gasteiger partial charge in [-0.3, -0.25) is 0 Å². The molecule has 23 nitrogen and oxygen atoms in total. The lowest BCUT2D eigenvalue weighted by molar-refractivity contribution is -0.325. The zero-order valence-corrected chi connectivity index (χ0v) is 34.9. The Morgan fingerprint density at radius 1 is 0.697 bits per heavy atom. The van der Waals surface area contributed by atoms with Crippen LogP contribution in [0.15, 0.2) is 60.4 Å². The Labute approximate surface area is 374 Å². The van der Waals surface area contributed by atoms with E-state index in [0.717, 1.165) is 24.3 Å². The average molecular weight is 935 g/mol. The lowest BCUT2D eigenvalue weighted by Gasteiger charge is -2.43. The number of methoxy groups -OCH3 is 1. The second-order valence-corrected chi connectivity index (χ2v) is 15.8. The Balaban J connectivity index is 1.11. The van der Waals surface area contributed by atoms with Gasteiger partial charge in [0.2, 0.25) is 18.3 Å². The average Bonchev–Trinajstić information content (AvgIpc) is 3.29. The van der Waals surface area contributed by atoms with Gasteiger partial charge in [-0.1, -0.05) is 12.1 Å². The first-order valence-electron chi connectivity index (χ1n) is 20.4. The van der Waals surface area contributed by atoms with Crippen molar-refractivity contribution in [1.29, 1.82) is 0 Å². The molecule has 23 heteroatoms. The fourth-order valence-electron chi connectivity index (χ4n) is 7.57. The normalized spacial score (nSPS) is 34.4. The van der Waals surface area contributed by atoms with Crippen LogP contribution in [0.2, 0.25) is 0 Å². The second-order valence-electron chi connectivity index (χ2n) is 15.8. The number of phenols is 4. The van der Waals surface area contributed by atoms with Gasteiger partial charge in [0.1, 0.15) is 89.8 Å². The van der Waals surface area contributed by atoms with Crippen molar-refractivity contribution in [2.75, 3.05) is 20.3 Å². The van der Waals surface area contributed by atoms with Crippen LogP contribution in [0.1, 0.15) is 29.7 Å². The van der Waals surface area contributed by atoms with Gasteiger partial charge in [0.05, 0.1) is 32.0 Å². The first kappa shape index (κ1) is 48.4. The van der Waals surface area contributed by atoms with Crippen molar-refractivity contribution in [2.24, 2.45) is 0 Å². The highest BCUT2D eigenvalue weighted by atomic mass is 16.7. The van der Waals surface area contributed by atoms with E-state index >= 15 is 0 Å². The lowest BCUT2D eigenvalue weighted by atomic mass is 9.97. The van der Waals surface area contributed by atoms with Gasteiger partial charge in [0.25, 0.3) is 0 Å². The third kappa shape index (κ3) is 10.1. The zero-order chi connectivity index (χ0) is 47.7. The molecule has 360 valence electrons. The molecule has 0 aromatic heterocycles. The summed E-state index contributed by atoms with van der Waals surface area (Å²) in [5.74, 6) is -3.52. The number of ether oxygens (including phenoxy) is 9. The molecule has 3 fully saturated rings. The Bertz CT molecular complexity index is 2230. The molecule has 1 unspecified atom stereocenters. The third-order valence-electron chi connectivity index (χ3n) is 11.2. The molecule has 16 atom stereocenters. The largest absolute Gasteiger partial charge is 0.508 e. The number of fused-ring (bicyclic) bond motifs is 1. The predicted molar refractivity (Wildman–Crippen MR) is 217 cm³/mol. The van der Waals surface area contributed by atoms with Crippen LogP contribution in [0.5, 0.6) is 40.2 Å². The van der Waals surface area contributed by atoms with Crippen LogP contribution in [0, 0.1) is 0 Å². The highest BCUT2D eigenvalue weighted by Crippen LogP contribution is 2.48. The molecule has 4 aliphatic rings. The number of carbonyl (C=O) groups excluding carboxylic acids is 1. The summed E-state index contributed by atoms with van der Waals surface area (Å²) in [6.45, 7) is -0.0178. The molecule has 3 aromatic carbocycles. The van der Waals surface area contributed by atoms with Crippen molar-refractivity contribution in [1.82, 2.24) is 0 Å². The number of benzene rings is 3. The molecule has 0 saturated carbocycles. The number of aromatic hydroxyl groups is 4. The maximum absolute atomic E-state index is 12.6. The summed E-state index contributed by atoms with van der Waals surface area (Å²) in [7, 11) is 1.20. The van der Waals surface area contributed by atoms with Crippen LogP contribution < -0.4 is 14.2 Å². The van der Waals surface area contributed by atoms with Crippen LogP contribution in [0.4, 0.5) is 0 Å². The Morgan fingerprint density at radius 3 is 2.00 bits per heavy atom. The van der Waals surface area contributed by atoms with Crippen molar-refractivity contribution >= 4 is 18.1 Å². The maximum atomic E-state index is 12.6. The van der Waals surface area contributed by atoms with E-state index in [1.54, 1.807) is 12.1 Å². The second kappa shape index (κ2) is 20.2. The van der Waals surface area contributed by atoms with Gasteiger partial charge < -0.3 is 109 Å². The Hall–Kier alpha value is -5.51. The topological polar surface area (TPSA) is 363 Å². The lowest BCUT2D eigenvalue weighted by Crippen LogP contribution is -2.61. The predicted octanol–water partition coefficient (Wildman–Crippen LogP) is -1.90. The van der Waals surface area contributed by atoms with E-state index < -0.39 is 135 Å². The minimum absolute atomic E-state index is 0.0241. The number of hydrogen-bond acceptors (Lipinski definition) is 23. The number of rotatable bonds is 13. The number of phenolic OH excluding ortho intramolecular Hbond substituents is 4. The van der Waals surface area contributed by atoms with Crippen LogP contribution in [-0.2, 0) is 33.2 Å². The molecule has 0 spiro atoms. The summed E-state index contributed by atoms with van der Waals surface area (Å²) in [6, 6.07) is 10.5. The molecule has 3 saturated heterocycles. The minimum atomic E-state index is -2.00. The summed E-state index contributed by atoms with van der Waals surface area (Å²) in [5, 5.41) is 137. The van der Waals surface area contributed by atoms with Crippen molar-refractivity contribution < 1.29 is 114 Å². The van der Waals surface area contributed by atoms with E-state index in [9.17, 15) is 71.2 Å². The molecular weight excluding hydrogens is 884 g/mol. The molecule has 3 aromatic rings. The summed E-state index contributed by atoms with van der Waals surface area (Å²) in [5.41, 5.74) is 0.564. The van der Waals surface area contributed by atoms with E-state index in [0.29, 0.717) is 5.56 Å². The van der Waals surface area contributed by atoms with E-state index in [2.05, 4.69) is 0 Å². The third-order valence-corrected chi connectivity index (χ3v) is 11.2. The highest BCUT2D eigenvalue weighted by molar-refractivity contribution is 5.87. The quantitative estimate of drug-likeness (QED) is 0.0506. The number of carbonyl (C=O) groups is 1. The SMILES string of the molecule is COc1cc(C2Oc3cc(O)cc(O[C@@H]4O[C@H](CO)[C@@H](O)[C@H](O)[C@H]4O)c3C=C2O[C@@H]2O[C@H](CO[C@@H]3O[C@@H](C)[C@H](OC(=O)C=Cc4ccc(O)cc4)[C@@H](O)[C@H]3O)[C@@H](O)[C@H](O)[C@H]2O)cc(O)c1O. The summed E-state index contributed by atoms with van der Waals surface area (Å²) in [6.07, 6.45) is -23.1. The van der Waals surface area contributed by atoms with E-state index in [1.807, 2.05) is 0 Å². The Kier molecular flexibility index (Phi) is 14.8. The van der Waals surface area contributed by atoms with E-state index in [4.69, 9.17) is 42.6 Å². The number of aliphatic hydroxyl groups excluding tert-OH is 9. The van der Waals surface area contributed by atoms with Gasteiger partial charge in [-0.2, -0.15) is 0 Å². The molecule has 0 amide bonds.